The molecule has 0 heterocycles. The zero-order valence-corrected chi connectivity index (χ0v) is 15.5. The number of amides is 2. The molecule has 7 nitrogen and oxygen atoms in total. The van der Waals surface area contributed by atoms with Crippen LogP contribution in [0.15, 0.2) is 48.5 Å². The average molecular weight is 372 g/mol. The zero-order chi connectivity index (χ0) is 19.5. The summed E-state index contributed by atoms with van der Waals surface area (Å²) < 4.78 is 15.7. The van der Waals surface area contributed by atoms with E-state index in [1.54, 1.807) is 43.5 Å². The van der Waals surface area contributed by atoms with Crippen LogP contribution in [-0.2, 0) is 16.0 Å². The summed E-state index contributed by atoms with van der Waals surface area (Å²) in [5.41, 5.74) is 6.25. The van der Waals surface area contributed by atoms with Crippen molar-refractivity contribution in [1.29, 1.82) is 0 Å². The summed E-state index contributed by atoms with van der Waals surface area (Å²) in [6.07, 6.45) is 0.938. The minimum Gasteiger partial charge on any atom is -0.491 e. The highest BCUT2D eigenvalue weighted by molar-refractivity contribution is 5.95. The number of hydrazine groups is 1. The van der Waals surface area contributed by atoms with E-state index in [0.717, 1.165) is 6.42 Å². The van der Waals surface area contributed by atoms with E-state index in [1.807, 2.05) is 12.1 Å². The fourth-order valence-electron chi connectivity index (χ4n) is 2.15. The Morgan fingerprint density at radius 2 is 1.48 bits per heavy atom. The zero-order valence-electron chi connectivity index (χ0n) is 15.5. The van der Waals surface area contributed by atoms with Gasteiger partial charge < -0.3 is 14.2 Å². The molecule has 0 aliphatic rings. The second kappa shape index (κ2) is 10.8. The number of carbonyl (C=O) groups excluding carboxylic acids is 2. The molecule has 0 spiro atoms. The summed E-state index contributed by atoms with van der Waals surface area (Å²) in [7, 11) is 1.60. The summed E-state index contributed by atoms with van der Waals surface area (Å²) in [5.74, 6) is 0.342. The number of nitrogens with one attached hydrogen (secondary N) is 2. The first kappa shape index (κ1) is 20.3. The number of methoxy groups -OCH3 is 1. The van der Waals surface area contributed by atoms with Crippen molar-refractivity contribution in [2.24, 2.45) is 0 Å². The SMILES string of the molecule is CCc1ccc(OCC(=O)NNC(=O)c2ccc(OCCOC)cc2)cc1. The van der Waals surface area contributed by atoms with Gasteiger partial charge in [-0.2, -0.15) is 0 Å². The van der Waals surface area contributed by atoms with Gasteiger partial charge in [0.2, 0.25) is 0 Å². The largest absolute Gasteiger partial charge is 0.491 e. The monoisotopic (exact) mass is 372 g/mol. The fourth-order valence-corrected chi connectivity index (χ4v) is 2.15. The maximum absolute atomic E-state index is 12.0. The molecule has 27 heavy (non-hydrogen) atoms. The third-order valence-corrected chi connectivity index (χ3v) is 3.69. The molecule has 2 aromatic carbocycles. The van der Waals surface area contributed by atoms with Crippen LogP contribution in [0.3, 0.4) is 0 Å². The Morgan fingerprint density at radius 3 is 2.11 bits per heavy atom. The van der Waals surface area contributed by atoms with Gasteiger partial charge in [-0.15, -0.1) is 0 Å². The van der Waals surface area contributed by atoms with Gasteiger partial charge in [0.05, 0.1) is 6.61 Å². The highest BCUT2D eigenvalue weighted by atomic mass is 16.5. The van der Waals surface area contributed by atoms with E-state index in [9.17, 15) is 9.59 Å². The lowest BCUT2D eigenvalue weighted by Crippen LogP contribution is -2.43. The van der Waals surface area contributed by atoms with Gasteiger partial charge in [0, 0.05) is 12.7 Å². The quantitative estimate of drug-likeness (QED) is 0.520. The number of aryl methyl sites for hydroxylation is 1. The molecule has 2 N–H and O–H groups in total. The van der Waals surface area contributed by atoms with Crippen molar-refractivity contribution in [2.75, 3.05) is 26.9 Å². The van der Waals surface area contributed by atoms with Crippen LogP contribution in [0.25, 0.3) is 0 Å². The fraction of sp³-hybridized carbons (Fsp3) is 0.300. The number of benzene rings is 2. The van der Waals surface area contributed by atoms with Gasteiger partial charge >= 0.3 is 0 Å². The Bertz CT molecular complexity index is 729. The van der Waals surface area contributed by atoms with Gasteiger partial charge in [0.1, 0.15) is 18.1 Å². The van der Waals surface area contributed by atoms with Crippen LogP contribution >= 0.6 is 0 Å². The normalized spacial score (nSPS) is 10.1. The van der Waals surface area contributed by atoms with E-state index in [0.29, 0.717) is 30.3 Å². The number of rotatable bonds is 9. The predicted octanol–water partition coefficient (Wildman–Crippen LogP) is 2.11. The van der Waals surface area contributed by atoms with E-state index >= 15 is 0 Å². The van der Waals surface area contributed by atoms with Crippen LogP contribution in [-0.4, -0.2) is 38.7 Å². The van der Waals surface area contributed by atoms with E-state index in [1.165, 1.54) is 5.56 Å². The Balaban J connectivity index is 1.72. The predicted molar refractivity (Wildman–Crippen MR) is 101 cm³/mol. The van der Waals surface area contributed by atoms with Crippen molar-refractivity contribution in [3.8, 4) is 11.5 Å². The lowest BCUT2D eigenvalue weighted by molar-refractivity contribution is -0.123. The van der Waals surface area contributed by atoms with Crippen LogP contribution in [0.5, 0.6) is 11.5 Å². The van der Waals surface area contributed by atoms with Crippen molar-refractivity contribution in [1.82, 2.24) is 10.9 Å². The Labute approximate surface area is 158 Å². The summed E-state index contributed by atoms with van der Waals surface area (Å²) in [6.45, 7) is 2.78. The number of ether oxygens (including phenoxy) is 3. The standard InChI is InChI=1S/C20H24N2O5/c1-3-15-4-8-18(9-5-15)27-14-19(23)21-22-20(24)16-6-10-17(11-7-16)26-13-12-25-2/h4-11H,3,12-14H2,1-2H3,(H,21,23)(H,22,24). The molecule has 144 valence electrons. The van der Waals surface area contributed by atoms with Crippen LogP contribution in [0, 0.1) is 0 Å². The molecule has 7 heteroatoms. The second-order valence-corrected chi connectivity index (χ2v) is 5.65. The third-order valence-electron chi connectivity index (χ3n) is 3.69. The van der Waals surface area contributed by atoms with Crippen LogP contribution in [0.1, 0.15) is 22.8 Å². The van der Waals surface area contributed by atoms with Gasteiger partial charge in [0.25, 0.3) is 11.8 Å². The van der Waals surface area contributed by atoms with Crippen molar-refractivity contribution in [3.05, 3.63) is 59.7 Å². The smallest absolute Gasteiger partial charge is 0.276 e. The number of hydrogen-bond acceptors (Lipinski definition) is 5. The molecule has 0 aliphatic carbocycles. The Hall–Kier alpha value is -3.06. The maximum Gasteiger partial charge on any atom is 0.276 e. The number of carbonyl (C=O) groups is 2. The van der Waals surface area contributed by atoms with Crippen LogP contribution in [0.2, 0.25) is 0 Å². The summed E-state index contributed by atoms with van der Waals surface area (Å²) in [6, 6.07) is 14.1. The molecule has 2 rings (SSSR count). The summed E-state index contributed by atoms with van der Waals surface area (Å²) >= 11 is 0. The molecule has 0 aliphatic heterocycles. The van der Waals surface area contributed by atoms with Gasteiger partial charge in [-0.1, -0.05) is 19.1 Å². The van der Waals surface area contributed by atoms with Gasteiger partial charge in [0.15, 0.2) is 6.61 Å². The van der Waals surface area contributed by atoms with E-state index in [-0.39, 0.29) is 6.61 Å². The first-order valence-corrected chi connectivity index (χ1v) is 8.65. The lowest BCUT2D eigenvalue weighted by Gasteiger charge is -2.10. The van der Waals surface area contributed by atoms with Gasteiger partial charge in [-0.25, -0.2) is 0 Å². The summed E-state index contributed by atoms with van der Waals surface area (Å²) in [5, 5.41) is 0. The van der Waals surface area contributed by atoms with Crippen LogP contribution in [0.4, 0.5) is 0 Å². The highest BCUT2D eigenvalue weighted by Gasteiger charge is 2.08. The Morgan fingerprint density at radius 1 is 0.852 bits per heavy atom. The topological polar surface area (TPSA) is 85.9 Å². The second-order valence-electron chi connectivity index (χ2n) is 5.65. The molecular formula is C20H24N2O5. The molecule has 0 saturated heterocycles. The first-order valence-electron chi connectivity index (χ1n) is 8.65. The van der Waals surface area contributed by atoms with E-state index in [2.05, 4.69) is 17.8 Å². The molecule has 0 bridgehead atoms. The number of hydrogen-bond donors (Lipinski definition) is 2. The molecule has 0 fully saturated rings. The van der Waals surface area contributed by atoms with Gasteiger partial charge in [-0.05, 0) is 48.4 Å². The molecule has 0 unspecified atom stereocenters. The first-order chi connectivity index (χ1) is 13.1. The van der Waals surface area contributed by atoms with Crippen molar-refractivity contribution in [2.45, 2.75) is 13.3 Å². The molecule has 0 radical (unpaired) electrons. The van der Waals surface area contributed by atoms with Gasteiger partial charge in [-0.3, -0.25) is 20.4 Å². The molecule has 2 aromatic rings. The Kier molecular flexibility index (Phi) is 8.12. The van der Waals surface area contributed by atoms with Crippen molar-refractivity contribution >= 4 is 11.8 Å². The average Bonchev–Trinajstić information content (AvgIpc) is 2.71. The van der Waals surface area contributed by atoms with Crippen molar-refractivity contribution in [3.63, 3.8) is 0 Å². The van der Waals surface area contributed by atoms with E-state index in [4.69, 9.17) is 14.2 Å². The molecule has 0 saturated carbocycles. The highest BCUT2D eigenvalue weighted by Crippen LogP contribution is 2.13. The molecular weight excluding hydrogens is 348 g/mol. The third kappa shape index (κ3) is 6.99. The molecule has 0 atom stereocenters. The maximum atomic E-state index is 12.0. The molecule has 0 aromatic heterocycles. The van der Waals surface area contributed by atoms with Crippen molar-refractivity contribution < 1.29 is 23.8 Å². The minimum absolute atomic E-state index is 0.196. The van der Waals surface area contributed by atoms with Crippen LogP contribution < -0.4 is 20.3 Å². The molecule has 2 amide bonds. The minimum atomic E-state index is -0.456. The van der Waals surface area contributed by atoms with E-state index < -0.39 is 11.8 Å². The lowest BCUT2D eigenvalue weighted by atomic mass is 10.2. The summed E-state index contributed by atoms with van der Waals surface area (Å²) in [4.78, 5) is 23.8.